The summed E-state index contributed by atoms with van der Waals surface area (Å²) in [6, 6.07) is 0.511. The SMILES string of the molecule is CC(C)(C)OC(=O)N[C@H]1COC[C@@H]1N1CCC(N2CCCCC2=O)CC1. The summed E-state index contributed by atoms with van der Waals surface area (Å²) in [6.45, 7) is 9.54. The smallest absolute Gasteiger partial charge is 0.408 e. The molecule has 0 spiro atoms. The number of alkyl carbamates (subject to hydrolysis) is 1. The molecule has 3 aliphatic rings. The lowest BCUT2D eigenvalue weighted by Gasteiger charge is -2.42. The van der Waals surface area contributed by atoms with Gasteiger partial charge in [-0.25, -0.2) is 4.79 Å². The molecule has 26 heavy (non-hydrogen) atoms. The summed E-state index contributed by atoms with van der Waals surface area (Å²) in [5.74, 6) is 0.323. The number of amides is 2. The van der Waals surface area contributed by atoms with E-state index in [1.165, 1.54) is 0 Å². The molecular weight excluding hydrogens is 334 g/mol. The van der Waals surface area contributed by atoms with Crippen molar-refractivity contribution in [3.8, 4) is 0 Å². The van der Waals surface area contributed by atoms with E-state index in [2.05, 4.69) is 15.1 Å². The van der Waals surface area contributed by atoms with Gasteiger partial charge in [0.1, 0.15) is 5.60 Å². The van der Waals surface area contributed by atoms with Crippen molar-refractivity contribution >= 4 is 12.0 Å². The zero-order valence-corrected chi connectivity index (χ0v) is 16.3. The number of piperidine rings is 2. The molecule has 2 amide bonds. The Bertz CT molecular complexity index is 511. The quantitative estimate of drug-likeness (QED) is 0.823. The Morgan fingerprint density at radius 2 is 1.88 bits per heavy atom. The van der Waals surface area contributed by atoms with Gasteiger partial charge < -0.3 is 19.7 Å². The van der Waals surface area contributed by atoms with Gasteiger partial charge >= 0.3 is 6.09 Å². The Labute approximate surface area is 156 Å². The second-order valence-corrected chi connectivity index (χ2v) is 8.67. The molecule has 3 rings (SSSR count). The molecule has 3 heterocycles. The van der Waals surface area contributed by atoms with Gasteiger partial charge in [0.2, 0.25) is 5.91 Å². The molecule has 7 nitrogen and oxygen atoms in total. The van der Waals surface area contributed by atoms with Crippen LogP contribution < -0.4 is 5.32 Å². The van der Waals surface area contributed by atoms with Crippen LogP contribution in [0, 0.1) is 0 Å². The lowest BCUT2D eigenvalue weighted by atomic mass is 9.97. The van der Waals surface area contributed by atoms with Crippen LogP contribution in [0.2, 0.25) is 0 Å². The maximum Gasteiger partial charge on any atom is 0.408 e. The summed E-state index contributed by atoms with van der Waals surface area (Å²) >= 11 is 0. The molecule has 0 aromatic rings. The Kier molecular flexibility index (Phi) is 6.07. The van der Waals surface area contributed by atoms with Crippen LogP contribution in [0.25, 0.3) is 0 Å². The van der Waals surface area contributed by atoms with Crippen molar-refractivity contribution in [3.05, 3.63) is 0 Å². The van der Waals surface area contributed by atoms with Gasteiger partial charge in [-0.2, -0.15) is 0 Å². The average molecular weight is 367 g/mol. The topological polar surface area (TPSA) is 71.1 Å². The summed E-state index contributed by atoms with van der Waals surface area (Å²) < 4.78 is 11.0. The molecule has 0 saturated carbocycles. The highest BCUT2D eigenvalue weighted by molar-refractivity contribution is 5.77. The van der Waals surface area contributed by atoms with E-state index in [9.17, 15) is 9.59 Å². The first kappa shape index (κ1) is 19.4. The zero-order valence-electron chi connectivity index (χ0n) is 16.3. The van der Waals surface area contributed by atoms with Crippen LogP contribution in [-0.2, 0) is 14.3 Å². The molecule has 0 radical (unpaired) electrons. The molecule has 0 aromatic heterocycles. The molecule has 7 heteroatoms. The highest BCUT2D eigenvalue weighted by atomic mass is 16.6. The van der Waals surface area contributed by atoms with Crippen molar-refractivity contribution in [1.29, 1.82) is 0 Å². The van der Waals surface area contributed by atoms with Crippen LogP contribution in [0.1, 0.15) is 52.9 Å². The Balaban J connectivity index is 1.50. The number of hydrogen-bond donors (Lipinski definition) is 1. The van der Waals surface area contributed by atoms with Crippen LogP contribution in [0.3, 0.4) is 0 Å². The maximum atomic E-state index is 12.1. The molecule has 0 aliphatic carbocycles. The Hall–Kier alpha value is -1.34. The van der Waals surface area contributed by atoms with Crippen LogP contribution in [0.15, 0.2) is 0 Å². The summed E-state index contributed by atoms with van der Waals surface area (Å²) in [4.78, 5) is 28.7. The predicted molar refractivity (Wildman–Crippen MR) is 97.9 cm³/mol. The van der Waals surface area contributed by atoms with Crippen LogP contribution in [-0.4, -0.2) is 78.4 Å². The third-order valence-corrected chi connectivity index (χ3v) is 5.52. The zero-order chi connectivity index (χ0) is 18.7. The third-order valence-electron chi connectivity index (χ3n) is 5.52. The van der Waals surface area contributed by atoms with E-state index in [1.54, 1.807) is 0 Å². The summed E-state index contributed by atoms with van der Waals surface area (Å²) in [6.07, 6.45) is 4.49. The number of rotatable bonds is 3. The van der Waals surface area contributed by atoms with Gasteiger partial charge in [-0.1, -0.05) is 0 Å². The molecule has 1 N–H and O–H groups in total. The van der Waals surface area contributed by atoms with Crippen LogP contribution >= 0.6 is 0 Å². The first-order chi connectivity index (χ1) is 12.3. The van der Waals surface area contributed by atoms with E-state index in [0.29, 0.717) is 31.6 Å². The fourth-order valence-electron chi connectivity index (χ4n) is 4.24. The highest BCUT2D eigenvalue weighted by Gasteiger charge is 2.38. The first-order valence-corrected chi connectivity index (χ1v) is 9.94. The van der Waals surface area contributed by atoms with Crippen molar-refractivity contribution in [1.82, 2.24) is 15.1 Å². The van der Waals surface area contributed by atoms with Crippen molar-refractivity contribution < 1.29 is 19.1 Å². The van der Waals surface area contributed by atoms with E-state index in [1.807, 2.05) is 20.8 Å². The van der Waals surface area contributed by atoms with Gasteiger partial charge in [0.25, 0.3) is 0 Å². The van der Waals surface area contributed by atoms with E-state index in [-0.39, 0.29) is 18.2 Å². The second kappa shape index (κ2) is 8.13. The molecule has 3 aliphatic heterocycles. The minimum Gasteiger partial charge on any atom is -0.444 e. The van der Waals surface area contributed by atoms with Crippen molar-refractivity contribution in [3.63, 3.8) is 0 Å². The van der Waals surface area contributed by atoms with E-state index in [0.717, 1.165) is 45.3 Å². The molecule has 0 aromatic carbocycles. The fraction of sp³-hybridized carbons (Fsp3) is 0.895. The van der Waals surface area contributed by atoms with Crippen molar-refractivity contribution in [2.45, 2.75) is 76.6 Å². The van der Waals surface area contributed by atoms with E-state index < -0.39 is 5.60 Å². The monoisotopic (exact) mass is 367 g/mol. The number of hydrogen-bond acceptors (Lipinski definition) is 5. The number of carbonyl (C=O) groups excluding carboxylic acids is 2. The summed E-state index contributed by atoms with van der Waals surface area (Å²) in [5.41, 5.74) is -0.502. The largest absolute Gasteiger partial charge is 0.444 e. The fourth-order valence-corrected chi connectivity index (χ4v) is 4.24. The molecule has 0 bridgehead atoms. The number of ether oxygens (including phenoxy) is 2. The lowest BCUT2D eigenvalue weighted by molar-refractivity contribution is -0.137. The Morgan fingerprint density at radius 1 is 1.15 bits per heavy atom. The molecule has 3 fully saturated rings. The van der Waals surface area contributed by atoms with Gasteiger partial charge in [0.05, 0.1) is 25.3 Å². The van der Waals surface area contributed by atoms with Crippen LogP contribution in [0.5, 0.6) is 0 Å². The van der Waals surface area contributed by atoms with E-state index >= 15 is 0 Å². The maximum absolute atomic E-state index is 12.1. The molecular formula is C19H33N3O4. The average Bonchev–Trinajstić information content (AvgIpc) is 3.02. The third kappa shape index (κ3) is 4.88. The summed E-state index contributed by atoms with van der Waals surface area (Å²) in [5, 5.41) is 2.97. The van der Waals surface area contributed by atoms with Gasteiger partial charge in [0.15, 0.2) is 0 Å². The van der Waals surface area contributed by atoms with Gasteiger partial charge in [-0.3, -0.25) is 9.69 Å². The number of nitrogens with zero attached hydrogens (tertiary/aromatic N) is 2. The number of carbonyl (C=O) groups is 2. The lowest BCUT2D eigenvalue weighted by Crippen LogP contribution is -2.56. The highest BCUT2D eigenvalue weighted by Crippen LogP contribution is 2.25. The van der Waals surface area contributed by atoms with Crippen molar-refractivity contribution in [2.24, 2.45) is 0 Å². The molecule has 3 saturated heterocycles. The van der Waals surface area contributed by atoms with Gasteiger partial charge in [-0.05, 0) is 46.5 Å². The molecule has 148 valence electrons. The molecule has 0 unspecified atom stereocenters. The van der Waals surface area contributed by atoms with E-state index in [4.69, 9.17) is 9.47 Å². The minimum absolute atomic E-state index is 0.0435. The van der Waals surface area contributed by atoms with Crippen LogP contribution in [0.4, 0.5) is 4.79 Å². The predicted octanol–water partition coefficient (Wildman–Crippen LogP) is 1.76. The van der Waals surface area contributed by atoms with Gasteiger partial charge in [-0.15, -0.1) is 0 Å². The van der Waals surface area contributed by atoms with Gasteiger partial charge in [0, 0.05) is 32.1 Å². The minimum atomic E-state index is -0.502. The normalized spacial score (nSPS) is 29.0. The Morgan fingerprint density at radius 3 is 2.54 bits per heavy atom. The number of likely N-dealkylation sites (tertiary alicyclic amines) is 2. The number of nitrogens with one attached hydrogen (secondary N) is 1. The summed E-state index contributed by atoms with van der Waals surface area (Å²) in [7, 11) is 0. The standard InChI is InChI=1S/C19H33N3O4/c1-19(2,3)26-18(24)20-15-12-25-13-16(15)21-10-7-14(8-11-21)22-9-5-4-6-17(22)23/h14-16H,4-13H2,1-3H3,(H,20,24)/t15-,16-/m0/s1. The first-order valence-electron chi connectivity index (χ1n) is 9.94. The second-order valence-electron chi connectivity index (χ2n) is 8.67. The van der Waals surface area contributed by atoms with Crippen molar-refractivity contribution in [2.75, 3.05) is 32.8 Å². The molecule has 2 atom stereocenters.